The number of carbonyl (C=O) groups excluding carboxylic acids is 1. The average Bonchev–Trinajstić information content (AvgIpc) is 2.72. The van der Waals surface area contributed by atoms with Gasteiger partial charge in [0, 0.05) is 5.56 Å². The first-order valence-electron chi connectivity index (χ1n) is 9.96. The van der Waals surface area contributed by atoms with Crippen molar-refractivity contribution >= 4 is 5.91 Å². The van der Waals surface area contributed by atoms with E-state index in [1.807, 2.05) is 30.3 Å². The zero-order valence-electron chi connectivity index (χ0n) is 16.7. The second-order valence-electron chi connectivity index (χ2n) is 7.32. The molecule has 0 spiro atoms. The highest BCUT2D eigenvalue weighted by atomic mass is 16.5. The zero-order valence-corrected chi connectivity index (χ0v) is 16.7. The van der Waals surface area contributed by atoms with E-state index >= 15 is 0 Å². The quantitative estimate of drug-likeness (QED) is 0.680. The van der Waals surface area contributed by atoms with Gasteiger partial charge >= 0.3 is 0 Å². The van der Waals surface area contributed by atoms with Crippen LogP contribution in [0.25, 0.3) is 0 Å². The van der Waals surface area contributed by atoms with Crippen LogP contribution in [0, 0.1) is 0 Å². The highest BCUT2D eigenvalue weighted by molar-refractivity contribution is 5.94. The molecule has 2 aromatic carbocycles. The number of methoxy groups -OCH3 is 1. The van der Waals surface area contributed by atoms with Crippen LogP contribution in [-0.2, 0) is 12.0 Å². The molecular weight excluding hydrogens is 354 g/mol. The minimum atomic E-state index is -1.06. The lowest BCUT2D eigenvalue weighted by Gasteiger charge is -2.35. The fraction of sp³-hybridized carbons (Fsp3) is 0.435. The molecule has 2 aromatic rings. The molecule has 1 amide bonds. The monoisotopic (exact) mass is 383 g/mol. The van der Waals surface area contributed by atoms with E-state index in [2.05, 4.69) is 12.2 Å². The summed E-state index contributed by atoms with van der Waals surface area (Å²) in [6.45, 7) is 2.98. The lowest BCUT2D eigenvalue weighted by Crippen LogP contribution is -2.43. The van der Waals surface area contributed by atoms with Crippen LogP contribution in [0.15, 0.2) is 42.5 Å². The lowest BCUT2D eigenvalue weighted by atomic mass is 9.79. The van der Waals surface area contributed by atoms with E-state index in [1.165, 1.54) is 0 Å². The standard InChI is InChI=1S/C23H29NO4/c1-3-4-14-28-19-9-7-17(8-10-19)22(25)24-16-23(26)13-5-6-18-15-20(27-2)11-12-21(18)23/h7-12,15,26H,3-6,13-14,16H2,1-2H3,(H,24,25). The summed E-state index contributed by atoms with van der Waals surface area (Å²) in [7, 11) is 1.64. The Morgan fingerprint density at radius 3 is 2.64 bits per heavy atom. The van der Waals surface area contributed by atoms with Gasteiger partial charge in [-0.05, 0) is 73.2 Å². The smallest absolute Gasteiger partial charge is 0.251 e. The van der Waals surface area contributed by atoms with Gasteiger partial charge in [0.1, 0.15) is 17.1 Å². The molecule has 1 unspecified atom stereocenters. The highest BCUT2D eigenvalue weighted by Gasteiger charge is 2.34. The molecular formula is C23H29NO4. The number of fused-ring (bicyclic) bond motifs is 1. The Balaban J connectivity index is 1.63. The van der Waals surface area contributed by atoms with Gasteiger partial charge in [-0.2, -0.15) is 0 Å². The number of benzene rings is 2. The Morgan fingerprint density at radius 1 is 1.18 bits per heavy atom. The summed E-state index contributed by atoms with van der Waals surface area (Å²) < 4.78 is 10.9. The summed E-state index contributed by atoms with van der Waals surface area (Å²) in [4.78, 5) is 12.5. The Bertz CT molecular complexity index is 803. The van der Waals surface area contributed by atoms with E-state index in [-0.39, 0.29) is 12.5 Å². The molecule has 0 saturated heterocycles. The normalized spacial score (nSPS) is 18.2. The number of amides is 1. The first-order chi connectivity index (χ1) is 13.6. The Labute approximate surface area is 166 Å². The molecule has 3 rings (SSSR count). The Hall–Kier alpha value is -2.53. The minimum Gasteiger partial charge on any atom is -0.497 e. The second-order valence-corrected chi connectivity index (χ2v) is 7.32. The van der Waals surface area contributed by atoms with E-state index in [0.717, 1.165) is 48.3 Å². The van der Waals surface area contributed by atoms with Gasteiger partial charge < -0.3 is 19.9 Å². The van der Waals surface area contributed by atoms with Crippen molar-refractivity contribution in [1.82, 2.24) is 5.32 Å². The third-order valence-electron chi connectivity index (χ3n) is 5.27. The maximum Gasteiger partial charge on any atom is 0.251 e. The molecule has 1 atom stereocenters. The zero-order chi connectivity index (χ0) is 20.0. The Kier molecular flexibility index (Phi) is 6.57. The number of unbranched alkanes of at least 4 members (excludes halogenated alkanes) is 1. The molecule has 1 aliphatic rings. The highest BCUT2D eigenvalue weighted by Crippen LogP contribution is 2.36. The molecule has 28 heavy (non-hydrogen) atoms. The van der Waals surface area contributed by atoms with E-state index in [9.17, 15) is 9.90 Å². The van der Waals surface area contributed by atoms with E-state index in [0.29, 0.717) is 18.6 Å². The molecule has 2 N–H and O–H groups in total. The molecule has 0 saturated carbocycles. The van der Waals surface area contributed by atoms with Crippen LogP contribution in [-0.4, -0.2) is 31.3 Å². The van der Waals surface area contributed by atoms with Gasteiger partial charge in [0.15, 0.2) is 0 Å². The Morgan fingerprint density at radius 2 is 1.93 bits per heavy atom. The van der Waals surface area contributed by atoms with Crippen LogP contribution in [0.4, 0.5) is 0 Å². The topological polar surface area (TPSA) is 67.8 Å². The largest absolute Gasteiger partial charge is 0.497 e. The maximum atomic E-state index is 12.5. The van der Waals surface area contributed by atoms with Gasteiger partial charge in [0.2, 0.25) is 0 Å². The van der Waals surface area contributed by atoms with Crippen molar-refractivity contribution in [3.63, 3.8) is 0 Å². The van der Waals surface area contributed by atoms with Crippen LogP contribution in [0.5, 0.6) is 11.5 Å². The van der Waals surface area contributed by atoms with Crippen molar-refractivity contribution in [2.75, 3.05) is 20.3 Å². The second kappa shape index (κ2) is 9.11. The molecule has 0 bridgehead atoms. The van der Waals surface area contributed by atoms with E-state index in [4.69, 9.17) is 9.47 Å². The third-order valence-corrected chi connectivity index (χ3v) is 5.27. The van der Waals surface area contributed by atoms with Crippen LogP contribution in [0.3, 0.4) is 0 Å². The lowest BCUT2D eigenvalue weighted by molar-refractivity contribution is 0.0189. The number of hydrogen-bond donors (Lipinski definition) is 2. The molecule has 0 aliphatic heterocycles. The van der Waals surface area contributed by atoms with Crippen molar-refractivity contribution in [3.8, 4) is 11.5 Å². The van der Waals surface area contributed by atoms with E-state index in [1.54, 1.807) is 19.2 Å². The number of ether oxygens (including phenoxy) is 2. The van der Waals surface area contributed by atoms with Crippen LogP contribution in [0.2, 0.25) is 0 Å². The number of nitrogens with one attached hydrogen (secondary N) is 1. The van der Waals surface area contributed by atoms with Gasteiger partial charge in [-0.1, -0.05) is 19.4 Å². The van der Waals surface area contributed by atoms with Crippen LogP contribution >= 0.6 is 0 Å². The maximum absolute atomic E-state index is 12.5. The molecule has 0 fully saturated rings. The molecule has 0 aromatic heterocycles. The summed E-state index contributed by atoms with van der Waals surface area (Å²) >= 11 is 0. The van der Waals surface area contributed by atoms with Gasteiger partial charge in [0.25, 0.3) is 5.91 Å². The minimum absolute atomic E-state index is 0.180. The number of aryl methyl sites for hydroxylation is 1. The number of rotatable bonds is 8. The van der Waals surface area contributed by atoms with Gasteiger partial charge in [0.05, 0.1) is 20.3 Å². The van der Waals surface area contributed by atoms with Crippen molar-refractivity contribution in [2.24, 2.45) is 0 Å². The fourth-order valence-electron chi connectivity index (χ4n) is 3.61. The molecule has 5 heteroatoms. The summed E-state index contributed by atoms with van der Waals surface area (Å²) in [5, 5.41) is 14.1. The average molecular weight is 383 g/mol. The fourth-order valence-corrected chi connectivity index (χ4v) is 3.61. The molecule has 1 aliphatic carbocycles. The summed E-state index contributed by atoms with van der Waals surface area (Å²) in [5.41, 5.74) is 1.45. The predicted octanol–water partition coefficient (Wildman–Crippen LogP) is 3.83. The SMILES string of the molecule is CCCCOc1ccc(C(=O)NCC2(O)CCCc3cc(OC)ccc32)cc1. The van der Waals surface area contributed by atoms with Crippen molar-refractivity contribution < 1.29 is 19.4 Å². The number of aliphatic hydroxyl groups is 1. The first-order valence-corrected chi connectivity index (χ1v) is 9.96. The van der Waals surface area contributed by atoms with Gasteiger partial charge in [-0.3, -0.25) is 4.79 Å². The molecule has 0 heterocycles. The van der Waals surface area contributed by atoms with E-state index < -0.39 is 5.60 Å². The van der Waals surface area contributed by atoms with Gasteiger partial charge in [-0.25, -0.2) is 0 Å². The number of carbonyl (C=O) groups is 1. The molecule has 150 valence electrons. The molecule has 5 nitrogen and oxygen atoms in total. The summed E-state index contributed by atoms with van der Waals surface area (Å²) in [5.74, 6) is 1.35. The number of hydrogen-bond acceptors (Lipinski definition) is 4. The first kappa shape index (κ1) is 20.2. The van der Waals surface area contributed by atoms with Crippen LogP contribution < -0.4 is 14.8 Å². The molecule has 0 radical (unpaired) electrons. The summed E-state index contributed by atoms with van der Waals surface area (Å²) in [6, 6.07) is 12.8. The van der Waals surface area contributed by atoms with Crippen LogP contribution in [0.1, 0.15) is 54.1 Å². The van der Waals surface area contributed by atoms with Crippen molar-refractivity contribution in [2.45, 2.75) is 44.6 Å². The summed E-state index contributed by atoms with van der Waals surface area (Å²) in [6.07, 6.45) is 4.49. The van der Waals surface area contributed by atoms with Crippen molar-refractivity contribution in [1.29, 1.82) is 0 Å². The predicted molar refractivity (Wildman–Crippen MR) is 109 cm³/mol. The van der Waals surface area contributed by atoms with Gasteiger partial charge in [-0.15, -0.1) is 0 Å². The third kappa shape index (κ3) is 4.65. The van der Waals surface area contributed by atoms with Crippen molar-refractivity contribution in [3.05, 3.63) is 59.2 Å².